The summed E-state index contributed by atoms with van der Waals surface area (Å²) in [7, 11) is 0. The Hall–Kier alpha value is -1.30. The molecular formula is C23H34. The summed E-state index contributed by atoms with van der Waals surface area (Å²) in [6.07, 6.45) is 15.4. The van der Waals surface area contributed by atoms with Gasteiger partial charge in [0.15, 0.2) is 0 Å². The summed E-state index contributed by atoms with van der Waals surface area (Å²) in [5.74, 6) is 0. The molecule has 0 nitrogen and oxygen atoms in total. The van der Waals surface area contributed by atoms with Gasteiger partial charge < -0.3 is 0 Å². The first-order valence-corrected chi connectivity index (χ1v) is 9.80. The van der Waals surface area contributed by atoms with Crippen molar-refractivity contribution in [3.05, 3.63) is 47.5 Å². The van der Waals surface area contributed by atoms with Crippen LogP contribution in [0, 0.1) is 6.92 Å². The van der Waals surface area contributed by atoms with Crippen LogP contribution in [0.15, 0.2) is 36.4 Å². The second kappa shape index (κ2) is 10.5. The standard InChI is InChI=1S/C23H34/c1-3-4-5-6-7-8-9-10-11-12-15-21-18-19-22-16-13-14-17-23(22)20(21)2/h13-14,16-19H,3-12,15H2,1-2H3. The lowest BCUT2D eigenvalue weighted by molar-refractivity contribution is 0.556. The normalized spacial score (nSPS) is 11.2. The fourth-order valence-corrected chi connectivity index (χ4v) is 3.55. The molecule has 0 fully saturated rings. The van der Waals surface area contributed by atoms with Gasteiger partial charge in [-0.2, -0.15) is 0 Å². The molecule has 0 aliphatic carbocycles. The largest absolute Gasteiger partial charge is 0.0654 e. The molecule has 0 N–H and O–H groups in total. The maximum absolute atomic E-state index is 2.34. The van der Waals surface area contributed by atoms with E-state index in [0.717, 1.165) is 0 Å². The number of fused-ring (bicyclic) bond motifs is 1. The SMILES string of the molecule is CCCCCCCCCCCCc1ccc2ccccc2c1C. The highest BCUT2D eigenvalue weighted by molar-refractivity contribution is 5.86. The van der Waals surface area contributed by atoms with Gasteiger partial charge in [-0.3, -0.25) is 0 Å². The summed E-state index contributed by atoms with van der Waals surface area (Å²) >= 11 is 0. The third-order valence-electron chi connectivity index (χ3n) is 5.11. The molecule has 0 heterocycles. The van der Waals surface area contributed by atoms with Crippen molar-refractivity contribution in [3.63, 3.8) is 0 Å². The predicted molar refractivity (Wildman–Crippen MR) is 104 cm³/mol. The van der Waals surface area contributed by atoms with Crippen LogP contribution in [-0.2, 0) is 6.42 Å². The van der Waals surface area contributed by atoms with E-state index >= 15 is 0 Å². The van der Waals surface area contributed by atoms with E-state index in [4.69, 9.17) is 0 Å². The van der Waals surface area contributed by atoms with Crippen LogP contribution >= 0.6 is 0 Å². The number of unbranched alkanes of at least 4 members (excludes halogenated alkanes) is 9. The smallest absolute Gasteiger partial charge is 0.0152 e. The van der Waals surface area contributed by atoms with Crippen LogP contribution < -0.4 is 0 Å². The topological polar surface area (TPSA) is 0 Å². The molecule has 0 spiro atoms. The minimum Gasteiger partial charge on any atom is -0.0654 e. The minimum atomic E-state index is 1.24. The molecule has 0 aliphatic rings. The summed E-state index contributed by atoms with van der Waals surface area (Å²) in [6, 6.07) is 13.4. The van der Waals surface area contributed by atoms with Crippen molar-refractivity contribution in [1.29, 1.82) is 0 Å². The van der Waals surface area contributed by atoms with Crippen LogP contribution in [-0.4, -0.2) is 0 Å². The van der Waals surface area contributed by atoms with Crippen molar-refractivity contribution < 1.29 is 0 Å². The molecule has 0 saturated heterocycles. The lowest BCUT2D eigenvalue weighted by Crippen LogP contribution is -1.92. The van der Waals surface area contributed by atoms with Gasteiger partial charge in [-0.25, -0.2) is 0 Å². The molecule has 0 aliphatic heterocycles. The van der Waals surface area contributed by atoms with Crippen molar-refractivity contribution in [3.8, 4) is 0 Å². The van der Waals surface area contributed by atoms with Crippen LogP contribution in [0.2, 0.25) is 0 Å². The Morgan fingerprint density at radius 2 is 1.26 bits per heavy atom. The van der Waals surface area contributed by atoms with Crippen molar-refractivity contribution in [2.45, 2.75) is 84.5 Å². The van der Waals surface area contributed by atoms with Gasteiger partial charge in [-0.1, -0.05) is 101 Å². The molecule has 0 radical (unpaired) electrons. The van der Waals surface area contributed by atoms with Crippen LogP contribution in [0.3, 0.4) is 0 Å². The van der Waals surface area contributed by atoms with Gasteiger partial charge in [-0.15, -0.1) is 0 Å². The average molecular weight is 311 g/mol. The van der Waals surface area contributed by atoms with Gasteiger partial charge in [0.1, 0.15) is 0 Å². The zero-order valence-corrected chi connectivity index (χ0v) is 15.2. The Balaban J connectivity index is 1.62. The van der Waals surface area contributed by atoms with E-state index in [1.165, 1.54) is 87.0 Å². The van der Waals surface area contributed by atoms with E-state index in [9.17, 15) is 0 Å². The van der Waals surface area contributed by atoms with E-state index in [1.54, 1.807) is 5.56 Å². The Bertz CT molecular complexity index is 567. The first-order chi connectivity index (χ1) is 11.3. The van der Waals surface area contributed by atoms with Gasteiger partial charge in [0.05, 0.1) is 0 Å². The van der Waals surface area contributed by atoms with E-state index in [1.807, 2.05) is 0 Å². The summed E-state index contributed by atoms with van der Waals surface area (Å²) in [5, 5.41) is 2.80. The summed E-state index contributed by atoms with van der Waals surface area (Å²) < 4.78 is 0. The van der Waals surface area contributed by atoms with Crippen molar-refractivity contribution in [2.75, 3.05) is 0 Å². The molecule has 0 aromatic heterocycles. The molecule has 0 bridgehead atoms. The molecule has 2 aromatic rings. The van der Waals surface area contributed by atoms with Gasteiger partial charge >= 0.3 is 0 Å². The molecular weight excluding hydrogens is 276 g/mol. The fraction of sp³-hybridized carbons (Fsp3) is 0.565. The molecule has 2 aromatic carbocycles. The van der Waals surface area contributed by atoms with Crippen molar-refractivity contribution >= 4 is 10.8 Å². The summed E-state index contributed by atoms with van der Waals surface area (Å²) in [5.41, 5.74) is 3.03. The number of hydrogen-bond acceptors (Lipinski definition) is 0. The molecule has 126 valence electrons. The Morgan fingerprint density at radius 1 is 0.652 bits per heavy atom. The van der Waals surface area contributed by atoms with Crippen LogP contribution in [0.4, 0.5) is 0 Å². The van der Waals surface area contributed by atoms with Gasteiger partial charge in [0, 0.05) is 0 Å². The fourth-order valence-electron chi connectivity index (χ4n) is 3.55. The summed E-state index contributed by atoms with van der Waals surface area (Å²) in [4.78, 5) is 0. The maximum Gasteiger partial charge on any atom is -0.0152 e. The number of aryl methyl sites for hydroxylation is 2. The summed E-state index contributed by atoms with van der Waals surface area (Å²) in [6.45, 7) is 4.57. The van der Waals surface area contributed by atoms with Crippen LogP contribution in [0.5, 0.6) is 0 Å². The quantitative estimate of drug-likeness (QED) is 0.374. The second-order valence-corrected chi connectivity index (χ2v) is 7.00. The van der Waals surface area contributed by atoms with Gasteiger partial charge in [0.25, 0.3) is 0 Å². The first kappa shape index (κ1) is 18.0. The van der Waals surface area contributed by atoms with Gasteiger partial charge in [-0.05, 0) is 41.7 Å². The zero-order valence-electron chi connectivity index (χ0n) is 15.2. The zero-order chi connectivity index (χ0) is 16.3. The molecule has 23 heavy (non-hydrogen) atoms. The highest BCUT2D eigenvalue weighted by Gasteiger charge is 2.03. The Labute approximate surface area is 143 Å². The Morgan fingerprint density at radius 3 is 1.96 bits per heavy atom. The van der Waals surface area contributed by atoms with E-state index in [-0.39, 0.29) is 0 Å². The number of benzene rings is 2. The van der Waals surface area contributed by atoms with Crippen LogP contribution in [0.25, 0.3) is 10.8 Å². The van der Waals surface area contributed by atoms with Gasteiger partial charge in [0.2, 0.25) is 0 Å². The van der Waals surface area contributed by atoms with Crippen LogP contribution in [0.1, 0.15) is 82.3 Å². The highest BCUT2D eigenvalue weighted by Crippen LogP contribution is 2.23. The van der Waals surface area contributed by atoms with E-state index < -0.39 is 0 Å². The molecule has 0 atom stereocenters. The predicted octanol–water partition coefficient (Wildman–Crippen LogP) is 7.61. The van der Waals surface area contributed by atoms with E-state index in [2.05, 4.69) is 50.2 Å². The third kappa shape index (κ3) is 6.01. The maximum atomic E-state index is 2.34. The monoisotopic (exact) mass is 310 g/mol. The highest BCUT2D eigenvalue weighted by atomic mass is 14.1. The first-order valence-electron chi connectivity index (χ1n) is 9.80. The third-order valence-corrected chi connectivity index (χ3v) is 5.11. The lowest BCUT2D eigenvalue weighted by atomic mass is 9.96. The molecule has 0 amide bonds. The molecule has 0 saturated carbocycles. The Kier molecular flexibility index (Phi) is 8.21. The second-order valence-electron chi connectivity index (χ2n) is 7.00. The average Bonchev–Trinajstić information content (AvgIpc) is 2.58. The number of rotatable bonds is 11. The number of hydrogen-bond donors (Lipinski definition) is 0. The minimum absolute atomic E-state index is 1.24. The van der Waals surface area contributed by atoms with Crippen molar-refractivity contribution in [2.24, 2.45) is 0 Å². The molecule has 0 heteroatoms. The molecule has 2 rings (SSSR count). The lowest BCUT2D eigenvalue weighted by Gasteiger charge is -2.09. The molecule has 0 unspecified atom stereocenters. The van der Waals surface area contributed by atoms with Crippen molar-refractivity contribution in [1.82, 2.24) is 0 Å². The van der Waals surface area contributed by atoms with E-state index in [0.29, 0.717) is 0 Å².